The Bertz CT molecular complexity index is 1530. The fourth-order valence-electron chi connectivity index (χ4n) is 5.55. The highest BCUT2D eigenvalue weighted by Crippen LogP contribution is 2.40. The van der Waals surface area contributed by atoms with E-state index in [1.54, 1.807) is 11.3 Å². The van der Waals surface area contributed by atoms with Crippen LogP contribution in [0.2, 0.25) is 0 Å². The molecule has 0 amide bonds. The van der Waals surface area contributed by atoms with Crippen molar-refractivity contribution in [2.24, 2.45) is 5.41 Å². The highest BCUT2D eigenvalue weighted by molar-refractivity contribution is 7.15. The van der Waals surface area contributed by atoms with Crippen molar-refractivity contribution in [3.05, 3.63) is 52.0 Å². The first-order chi connectivity index (χ1) is 20.2. The molecule has 3 aromatic rings. The number of piperidine rings is 1. The summed E-state index contributed by atoms with van der Waals surface area (Å²) >= 11 is 1.78. The van der Waals surface area contributed by atoms with Crippen LogP contribution < -0.4 is 10.5 Å². The van der Waals surface area contributed by atoms with Crippen LogP contribution in [-0.2, 0) is 17.4 Å². The van der Waals surface area contributed by atoms with E-state index in [0.717, 1.165) is 64.6 Å². The second-order valence-electron chi connectivity index (χ2n) is 16.3. The number of nitrogens with zero attached hydrogens (tertiary/aromatic N) is 4. The van der Waals surface area contributed by atoms with Crippen molar-refractivity contribution < 1.29 is 4.74 Å². The highest BCUT2D eigenvalue weighted by atomic mass is 32.1. The lowest BCUT2D eigenvalue weighted by Crippen LogP contribution is -2.45. The van der Waals surface area contributed by atoms with E-state index in [4.69, 9.17) is 20.4 Å². The molecule has 0 aliphatic carbocycles. The van der Waals surface area contributed by atoms with Crippen LogP contribution in [0.4, 0.5) is 5.82 Å². The number of hydrogen-bond donors (Lipinski definition) is 1. The highest BCUT2D eigenvalue weighted by Gasteiger charge is 2.32. The van der Waals surface area contributed by atoms with Gasteiger partial charge in [-0.3, -0.25) is 4.90 Å². The third kappa shape index (κ3) is 8.40. The summed E-state index contributed by atoms with van der Waals surface area (Å²) in [6.45, 7) is 28.9. The zero-order valence-electron chi connectivity index (χ0n) is 29.1. The Morgan fingerprint density at radius 2 is 1.57 bits per heavy atom. The van der Waals surface area contributed by atoms with Crippen molar-refractivity contribution in [1.29, 1.82) is 0 Å². The molecule has 0 unspecified atom stereocenters. The van der Waals surface area contributed by atoms with Gasteiger partial charge in [-0.05, 0) is 84.9 Å². The van der Waals surface area contributed by atoms with Crippen LogP contribution in [-0.4, -0.2) is 38.5 Å². The zero-order valence-corrected chi connectivity index (χ0v) is 29.9. The fourth-order valence-corrected chi connectivity index (χ4v) is 6.62. The number of anilines is 1. The summed E-state index contributed by atoms with van der Waals surface area (Å²) in [5.74, 6) is 8.42. The van der Waals surface area contributed by atoms with Gasteiger partial charge in [0.15, 0.2) is 0 Å². The molecule has 3 aromatic heterocycles. The van der Waals surface area contributed by atoms with Gasteiger partial charge >= 0.3 is 0 Å². The summed E-state index contributed by atoms with van der Waals surface area (Å²) in [6, 6.07) is 4.09. The summed E-state index contributed by atoms with van der Waals surface area (Å²) in [6.07, 6.45) is 6.13. The molecule has 1 aliphatic rings. The van der Waals surface area contributed by atoms with Crippen LogP contribution in [0.25, 0.3) is 10.4 Å². The molecule has 1 aliphatic heterocycles. The second-order valence-corrected chi connectivity index (χ2v) is 17.3. The summed E-state index contributed by atoms with van der Waals surface area (Å²) in [7, 11) is 0. The monoisotopic (exact) mass is 615 g/mol. The Morgan fingerprint density at radius 3 is 2.14 bits per heavy atom. The number of aromatic nitrogens is 3. The van der Waals surface area contributed by atoms with E-state index in [-0.39, 0.29) is 21.8 Å². The number of nitrogen functional groups attached to an aromatic ring is 1. The van der Waals surface area contributed by atoms with Crippen molar-refractivity contribution in [1.82, 2.24) is 19.9 Å². The van der Waals surface area contributed by atoms with Crippen LogP contribution in [0, 0.1) is 17.3 Å². The molecule has 0 atom stereocenters. The fraction of sp³-hybridized carbons (Fsp3) is 0.595. The van der Waals surface area contributed by atoms with E-state index in [1.165, 1.54) is 5.01 Å². The standard InChI is InChI=1S/C37H53N5OS/c1-34(2,3)16-13-27-20-28(30(35(4,5)6)31(41-27)36(7,8)9)43-23-26-19-25(21-39-32(26)38)29-22-40-33(44-29)24-14-17-42(18-15-24)37(10,11)12/h19-22,24H,14-15,17-18,23H2,1-12H3,(H2,38,39). The van der Waals surface area contributed by atoms with E-state index >= 15 is 0 Å². The number of rotatable bonds is 5. The number of nitrogens with two attached hydrogens (primary N) is 1. The van der Waals surface area contributed by atoms with Crippen molar-refractivity contribution in [3.8, 4) is 28.0 Å². The summed E-state index contributed by atoms with van der Waals surface area (Å²) < 4.78 is 6.62. The molecule has 44 heavy (non-hydrogen) atoms. The average Bonchev–Trinajstić information content (AvgIpc) is 3.39. The molecular formula is C37H53N5OS. The molecule has 0 saturated carbocycles. The van der Waals surface area contributed by atoms with Crippen molar-refractivity contribution in [2.45, 2.75) is 125 Å². The number of thiazole rings is 1. The maximum Gasteiger partial charge on any atom is 0.130 e. The molecule has 0 aromatic carbocycles. The topological polar surface area (TPSA) is 77.2 Å². The van der Waals surface area contributed by atoms with E-state index in [2.05, 4.69) is 111 Å². The van der Waals surface area contributed by atoms with Gasteiger partial charge in [-0.2, -0.15) is 0 Å². The maximum atomic E-state index is 6.62. The molecule has 6 nitrogen and oxygen atoms in total. The lowest BCUT2D eigenvalue weighted by molar-refractivity contribution is 0.102. The van der Waals surface area contributed by atoms with Gasteiger partial charge in [0.1, 0.15) is 23.9 Å². The Labute approximate surface area is 270 Å². The summed E-state index contributed by atoms with van der Waals surface area (Å²) in [5.41, 5.74) is 10.8. The quantitative estimate of drug-likeness (QED) is 0.289. The van der Waals surface area contributed by atoms with Crippen molar-refractivity contribution >= 4 is 17.2 Å². The number of ether oxygens (including phenoxy) is 1. The smallest absolute Gasteiger partial charge is 0.130 e. The molecule has 0 bridgehead atoms. The molecule has 1 saturated heterocycles. The average molecular weight is 616 g/mol. The first-order valence-electron chi connectivity index (χ1n) is 15.9. The van der Waals surface area contributed by atoms with Gasteiger partial charge in [0, 0.05) is 57.4 Å². The van der Waals surface area contributed by atoms with Crippen LogP contribution in [0.1, 0.15) is 129 Å². The number of likely N-dealkylation sites (tertiary alicyclic amines) is 1. The molecule has 4 rings (SSSR count). The second kappa shape index (κ2) is 12.4. The van der Waals surface area contributed by atoms with Gasteiger partial charge in [-0.15, -0.1) is 11.3 Å². The molecule has 238 valence electrons. The molecule has 1 fully saturated rings. The first-order valence-corrected chi connectivity index (χ1v) is 16.7. The van der Waals surface area contributed by atoms with Gasteiger partial charge in [0.05, 0.1) is 15.6 Å². The Balaban J connectivity index is 1.62. The van der Waals surface area contributed by atoms with Crippen LogP contribution in [0.15, 0.2) is 24.5 Å². The Kier molecular flexibility index (Phi) is 9.60. The lowest BCUT2D eigenvalue weighted by Gasteiger charge is -2.40. The summed E-state index contributed by atoms with van der Waals surface area (Å²) in [5, 5.41) is 1.22. The minimum atomic E-state index is -0.187. The number of hydrogen-bond acceptors (Lipinski definition) is 7. The Morgan fingerprint density at radius 1 is 0.909 bits per heavy atom. The predicted molar refractivity (Wildman–Crippen MR) is 185 cm³/mol. The van der Waals surface area contributed by atoms with Crippen molar-refractivity contribution in [3.63, 3.8) is 0 Å². The number of pyridine rings is 2. The molecule has 7 heteroatoms. The van der Waals surface area contributed by atoms with Crippen LogP contribution in [0.3, 0.4) is 0 Å². The van der Waals surface area contributed by atoms with Gasteiger partial charge in [-0.1, -0.05) is 47.5 Å². The summed E-state index contributed by atoms with van der Waals surface area (Å²) in [4.78, 5) is 18.2. The third-order valence-corrected chi connectivity index (χ3v) is 9.20. The molecule has 0 spiro atoms. The Hall–Kier alpha value is -2.95. The van der Waals surface area contributed by atoms with Gasteiger partial charge in [0.25, 0.3) is 0 Å². The molecule has 4 heterocycles. The molecule has 2 N–H and O–H groups in total. The third-order valence-electron chi connectivity index (χ3n) is 7.99. The molecule has 0 radical (unpaired) electrons. The van der Waals surface area contributed by atoms with Gasteiger partial charge in [0.2, 0.25) is 0 Å². The van der Waals surface area contributed by atoms with Crippen LogP contribution >= 0.6 is 11.3 Å². The largest absolute Gasteiger partial charge is 0.488 e. The zero-order chi connectivity index (χ0) is 32.7. The first kappa shape index (κ1) is 33.9. The molecular weight excluding hydrogens is 563 g/mol. The van der Waals surface area contributed by atoms with E-state index in [1.807, 2.05) is 18.5 Å². The van der Waals surface area contributed by atoms with Crippen molar-refractivity contribution in [2.75, 3.05) is 18.8 Å². The van der Waals surface area contributed by atoms with E-state index < -0.39 is 0 Å². The lowest BCUT2D eigenvalue weighted by atomic mass is 9.77. The normalized spacial score (nSPS) is 15.6. The van der Waals surface area contributed by atoms with Crippen LogP contribution in [0.5, 0.6) is 5.75 Å². The van der Waals surface area contributed by atoms with Gasteiger partial charge in [-0.25, -0.2) is 15.0 Å². The minimum absolute atomic E-state index is 0.131. The van der Waals surface area contributed by atoms with Gasteiger partial charge < -0.3 is 10.5 Å². The SMILES string of the molecule is CC(C)(C)C#Cc1cc(OCc2cc(-c3cnc(C4CCN(C(C)(C)C)CC4)s3)cnc2N)c(C(C)(C)C)c(C(C)(C)C)n1. The predicted octanol–water partition coefficient (Wildman–Crippen LogP) is 8.73. The minimum Gasteiger partial charge on any atom is -0.488 e. The van der Waals surface area contributed by atoms with E-state index in [0.29, 0.717) is 18.3 Å². The van der Waals surface area contributed by atoms with E-state index in [9.17, 15) is 0 Å². The maximum absolute atomic E-state index is 6.62.